The first-order valence-corrected chi connectivity index (χ1v) is 9.33. The molecule has 6 nitrogen and oxygen atoms in total. The van der Waals surface area contributed by atoms with E-state index in [-0.39, 0.29) is 11.7 Å². The highest BCUT2D eigenvalue weighted by atomic mass is 32.2. The van der Waals surface area contributed by atoms with Gasteiger partial charge in [0.1, 0.15) is 0 Å². The summed E-state index contributed by atoms with van der Waals surface area (Å²) in [4.78, 5) is 16.9. The Bertz CT molecular complexity index is 1100. The van der Waals surface area contributed by atoms with Crippen LogP contribution in [0.2, 0.25) is 0 Å². The van der Waals surface area contributed by atoms with Gasteiger partial charge in [-0.2, -0.15) is 0 Å². The van der Waals surface area contributed by atoms with Crippen LogP contribution in [0.3, 0.4) is 0 Å². The summed E-state index contributed by atoms with van der Waals surface area (Å²) >= 11 is 1.39. The predicted octanol–water partition coefficient (Wildman–Crippen LogP) is 3.87. The third-order valence-electron chi connectivity index (χ3n) is 4.28. The molecule has 4 rings (SSSR count). The number of thioether (sulfide) groups is 1. The van der Waals surface area contributed by atoms with Crippen LogP contribution in [0.1, 0.15) is 16.7 Å². The Kier molecular flexibility index (Phi) is 4.16. The minimum atomic E-state index is -0.0503. The molecule has 0 unspecified atom stereocenters. The summed E-state index contributed by atoms with van der Waals surface area (Å²) < 4.78 is 1.94. The highest BCUT2D eigenvalue weighted by Crippen LogP contribution is 2.25. The summed E-state index contributed by atoms with van der Waals surface area (Å²) in [5, 5.41) is 11.0. The van der Waals surface area contributed by atoms with Crippen molar-refractivity contribution in [2.24, 2.45) is 0 Å². The molecule has 2 aromatic heterocycles. The zero-order valence-corrected chi connectivity index (χ0v) is 15.6. The van der Waals surface area contributed by atoms with E-state index in [0.29, 0.717) is 5.78 Å². The Labute approximate surface area is 155 Å². The maximum absolute atomic E-state index is 12.4. The number of hydrogen-bond acceptors (Lipinski definition) is 4. The molecule has 2 N–H and O–H groups in total. The molecule has 26 heavy (non-hydrogen) atoms. The number of nitrogens with zero attached hydrogens (tertiary/aromatic N) is 3. The molecule has 0 fully saturated rings. The monoisotopic (exact) mass is 365 g/mol. The number of rotatable bonds is 4. The molecule has 2 heterocycles. The first-order chi connectivity index (χ1) is 12.5. The molecule has 0 saturated heterocycles. The Morgan fingerprint density at radius 2 is 1.92 bits per heavy atom. The van der Waals surface area contributed by atoms with Gasteiger partial charge in [0, 0.05) is 5.69 Å². The highest BCUT2D eigenvalue weighted by Gasteiger charge is 2.14. The van der Waals surface area contributed by atoms with Gasteiger partial charge in [-0.05, 0) is 44.0 Å². The largest absolute Gasteiger partial charge is 0.325 e. The Balaban J connectivity index is 1.53. The van der Waals surface area contributed by atoms with Gasteiger partial charge in [0.25, 0.3) is 0 Å². The number of benzene rings is 2. The van der Waals surface area contributed by atoms with Gasteiger partial charge in [-0.15, -0.1) is 5.10 Å². The van der Waals surface area contributed by atoms with Gasteiger partial charge in [0.15, 0.2) is 5.16 Å². The van der Waals surface area contributed by atoms with Crippen molar-refractivity contribution < 1.29 is 4.79 Å². The number of aryl methyl sites for hydroxylation is 3. The first-order valence-electron chi connectivity index (χ1n) is 8.35. The maximum Gasteiger partial charge on any atom is 0.234 e. The molecular formula is C19H19N5OS. The molecule has 0 radical (unpaired) electrons. The summed E-state index contributed by atoms with van der Waals surface area (Å²) in [5.41, 5.74) is 6.11. The zero-order chi connectivity index (χ0) is 18.3. The van der Waals surface area contributed by atoms with Gasteiger partial charge in [-0.25, -0.2) is 10.1 Å². The minimum absolute atomic E-state index is 0.0503. The molecule has 7 heteroatoms. The van der Waals surface area contributed by atoms with Gasteiger partial charge in [-0.3, -0.25) is 9.20 Å². The van der Waals surface area contributed by atoms with Crippen molar-refractivity contribution >= 4 is 40.2 Å². The summed E-state index contributed by atoms with van der Waals surface area (Å²) in [5.74, 6) is 0.907. The van der Waals surface area contributed by atoms with Crippen molar-refractivity contribution in [1.29, 1.82) is 0 Å². The molecule has 4 aromatic rings. The van der Waals surface area contributed by atoms with Gasteiger partial charge < -0.3 is 5.32 Å². The minimum Gasteiger partial charge on any atom is -0.325 e. The molecule has 1 amide bonds. The Morgan fingerprint density at radius 3 is 2.69 bits per heavy atom. The molecular weight excluding hydrogens is 346 g/mol. The second-order valence-electron chi connectivity index (χ2n) is 6.38. The lowest BCUT2D eigenvalue weighted by Crippen LogP contribution is -2.16. The average molecular weight is 365 g/mol. The lowest BCUT2D eigenvalue weighted by molar-refractivity contribution is -0.113. The van der Waals surface area contributed by atoms with Crippen LogP contribution in [0, 0.1) is 20.8 Å². The number of hydrogen-bond donors (Lipinski definition) is 2. The van der Waals surface area contributed by atoms with E-state index in [0.717, 1.165) is 33.0 Å². The summed E-state index contributed by atoms with van der Waals surface area (Å²) in [7, 11) is 0. The van der Waals surface area contributed by atoms with Crippen molar-refractivity contribution in [2.45, 2.75) is 25.9 Å². The highest BCUT2D eigenvalue weighted by molar-refractivity contribution is 7.99. The van der Waals surface area contributed by atoms with Crippen LogP contribution in [-0.4, -0.2) is 31.2 Å². The third-order valence-corrected chi connectivity index (χ3v) is 5.22. The summed E-state index contributed by atoms with van der Waals surface area (Å²) in [6.07, 6.45) is 0. The van der Waals surface area contributed by atoms with Crippen molar-refractivity contribution in [3.8, 4) is 0 Å². The number of nitrogens with one attached hydrogen (secondary N) is 2. The molecule has 0 aliphatic carbocycles. The second kappa shape index (κ2) is 6.49. The third kappa shape index (κ3) is 2.94. The zero-order valence-electron chi connectivity index (χ0n) is 14.8. The van der Waals surface area contributed by atoms with E-state index in [9.17, 15) is 4.79 Å². The standard InChI is InChI=1S/C19H19N5OS/c1-11-8-12(2)17(13(3)9-11)21-16(25)10-26-19-23-22-18-20-14-6-4-5-7-15(14)24(18)19/h4-9H,10H2,1-3H3,(H,20,22)(H,21,25). The number of H-pyrrole nitrogens is 1. The van der Waals surface area contributed by atoms with Crippen LogP contribution >= 0.6 is 11.8 Å². The fourth-order valence-electron chi connectivity index (χ4n) is 3.22. The van der Waals surface area contributed by atoms with Crippen LogP contribution in [-0.2, 0) is 4.79 Å². The molecule has 0 aliphatic heterocycles. The van der Waals surface area contributed by atoms with Crippen LogP contribution in [0.25, 0.3) is 16.8 Å². The van der Waals surface area contributed by atoms with Crippen molar-refractivity contribution in [3.63, 3.8) is 0 Å². The van der Waals surface area contributed by atoms with Gasteiger partial charge in [0.05, 0.1) is 16.8 Å². The van der Waals surface area contributed by atoms with E-state index >= 15 is 0 Å². The van der Waals surface area contributed by atoms with E-state index in [1.807, 2.05) is 42.5 Å². The van der Waals surface area contributed by atoms with Crippen molar-refractivity contribution in [3.05, 3.63) is 53.1 Å². The van der Waals surface area contributed by atoms with Crippen LogP contribution in [0.5, 0.6) is 0 Å². The first kappa shape index (κ1) is 16.7. The van der Waals surface area contributed by atoms with E-state index in [2.05, 4.69) is 39.6 Å². The number of imidazole rings is 1. The predicted molar refractivity (Wildman–Crippen MR) is 105 cm³/mol. The molecule has 0 spiro atoms. The number of anilines is 1. The van der Waals surface area contributed by atoms with Crippen LogP contribution < -0.4 is 5.32 Å². The Morgan fingerprint density at radius 1 is 1.19 bits per heavy atom. The van der Waals surface area contributed by atoms with E-state index in [4.69, 9.17) is 0 Å². The normalized spacial score (nSPS) is 11.3. The quantitative estimate of drug-likeness (QED) is 0.539. The topological polar surface area (TPSA) is 75.1 Å². The van der Waals surface area contributed by atoms with Gasteiger partial charge in [-0.1, -0.05) is 41.6 Å². The van der Waals surface area contributed by atoms with E-state index in [1.54, 1.807) is 0 Å². The number of carbonyl (C=O) groups is 1. The molecule has 0 atom stereocenters. The molecule has 2 aromatic carbocycles. The fraction of sp³-hybridized carbons (Fsp3) is 0.211. The SMILES string of the molecule is Cc1cc(C)c(NC(=O)CSc2n[nH]c3nc4ccccc4n23)c(C)c1. The van der Waals surface area contributed by atoms with Gasteiger partial charge in [0.2, 0.25) is 11.7 Å². The maximum atomic E-state index is 12.4. The summed E-state index contributed by atoms with van der Waals surface area (Å²) in [6.45, 7) is 6.08. The van der Waals surface area contributed by atoms with Gasteiger partial charge >= 0.3 is 0 Å². The number of aromatic amines is 1. The van der Waals surface area contributed by atoms with Crippen LogP contribution in [0.4, 0.5) is 5.69 Å². The van der Waals surface area contributed by atoms with E-state index in [1.165, 1.54) is 17.3 Å². The Hall–Kier alpha value is -2.80. The number of amides is 1. The number of para-hydroxylation sites is 2. The number of fused-ring (bicyclic) bond motifs is 3. The number of carbonyl (C=O) groups excluding carboxylic acids is 1. The summed E-state index contributed by atoms with van der Waals surface area (Å²) in [6, 6.07) is 12.0. The molecule has 0 aliphatic rings. The lowest BCUT2D eigenvalue weighted by Gasteiger charge is -2.12. The van der Waals surface area contributed by atoms with Crippen molar-refractivity contribution in [1.82, 2.24) is 19.6 Å². The average Bonchev–Trinajstić information content (AvgIpc) is 3.15. The van der Waals surface area contributed by atoms with Crippen LogP contribution in [0.15, 0.2) is 41.6 Å². The second-order valence-corrected chi connectivity index (χ2v) is 7.32. The molecule has 0 bridgehead atoms. The fourth-order valence-corrected chi connectivity index (χ4v) is 3.98. The van der Waals surface area contributed by atoms with E-state index < -0.39 is 0 Å². The molecule has 0 saturated carbocycles. The number of aromatic nitrogens is 4. The van der Waals surface area contributed by atoms with Crippen molar-refractivity contribution in [2.75, 3.05) is 11.1 Å². The lowest BCUT2D eigenvalue weighted by atomic mass is 10.1. The molecule has 132 valence electrons. The smallest absolute Gasteiger partial charge is 0.234 e.